The maximum absolute atomic E-state index is 12.5. The van der Waals surface area contributed by atoms with E-state index in [4.69, 9.17) is 0 Å². The minimum absolute atomic E-state index is 0.0597. The average Bonchev–Trinajstić information content (AvgIpc) is 3.45. The van der Waals surface area contributed by atoms with Gasteiger partial charge in [0.15, 0.2) is 0 Å². The third-order valence-electron chi connectivity index (χ3n) is 6.10. The van der Waals surface area contributed by atoms with E-state index in [1.807, 2.05) is 71.6 Å². The Hall–Kier alpha value is -2.88. The van der Waals surface area contributed by atoms with Crippen molar-refractivity contribution in [2.24, 2.45) is 11.3 Å². The van der Waals surface area contributed by atoms with Crippen LogP contribution in [0.3, 0.4) is 0 Å². The molecule has 1 spiro atoms. The van der Waals surface area contributed by atoms with Crippen molar-refractivity contribution in [2.45, 2.75) is 25.8 Å². The van der Waals surface area contributed by atoms with Crippen LogP contribution < -0.4 is 5.32 Å². The SMILES string of the molecule is O=C(NCc1ccccc1)C1CC12CCN(C(=O)C=Cc1ccccc1)CC2. The maximum atomic E-state index is 12.5. The Morgan fingerprint density at radius 1 is 1.00 bits per heavy atom. The van der Waals surface area contributed by atoms with Crippen molar-refractivity contribution in [3.05, 3.63) is 77.9 Å². The van der Waals surface area contributed by atoms with Gasteiger partial charge in [0.05, 0.1) is 0 Å². The number of likely N-dealkylation sites (tertiary alicyclic amines) is 1. The lowest BCUT2D eigenvalue weighted by Crippen LogP contribution is -2.39. The van der Waals surface area contributed by atoms with Crippen molar-refractivity contribution in [2.75, 3.05) is 13.1 Å². The number of hydrogen-bond acceptors (Lipinski definition) is 2. The summed E-state index contributed by atoms with van der Waals surface area (Å²) < 4.78 is 0. The molecule has 1 heterocycles. The van der Waals surface area contributed by atoms with Crippen LogP contribution in [0.1, 0.15) is 30.4 Å². The van der Waals surface area contributed by atoms with Crippen molar-refractivity contribution in [1.29, 1.82) is 0 Å². The van der Waals surface area contributed by atoms with Crippen LogP contribution in [-0.4, -0.2) is 29.8 Å². The molecule has 2 aromatic rings. The zero-order chi connectivity index (χ0) is 19.4. The minimum Gasteiger partial charge on any atom is -0.352 e. The smallest absolute Gasteiger partial charge is 0.246 e. The number of nitrogens with one attached hydrogen (secondary N) is 1. The summed E-state index contributed by atoms with van der Waals surface area (Å²) in [5.74, 6) is 0.324. The molecule has 2 aliphatic rings. The molecule has 0 radical (unpaired) electrons. The highest BCUT2D eigenvalue weighted by Gasteiger charge is 2.58. The van der Waals surface area contributed by atoms with Crippen molar-refractivity contribution in [3.8, 4) is 0 Å². The molecule has 4 heteroatoms. The fourth-order valence-corrected chi connectivity index (χ4v) is 4.19. The molecule has 4 nitrogen and oxygen atoms in total. The van der Waals surface area contributed by atoms with Crippen LogP contribution in [-0.2, 0) is 16.1 Å². The molecule has 1 unspecified atom stereocenters. The molecule has 0 aromatic heterocycles. The van der Waals surface area contributed by atoms with Crippen LogP contribution >= 0.6 is 0 Å². The van der Waals surface area contributed by atoms with Gasteiger partial charge in [0.1, 0.15) is 0 Å². The molecule has 1 N–H and O–H groups in total. The molecular weight excluding hydrogens is 348 g/mol. The van der Waals surface area contributed by atoms with Gasteiger partial charge in [-0.3, -0.25) is 9.59 Å². The predicted molar refractivity (Wildman–Crippen MR) is 110 cm³/mol. The van der Waals surface area contributed by atoms with Gasteiger partial charge in [-0.15, -0.1) is 0 Å². The van der Waals surface area contributed by atoms with E-state index in [0.29, 0.717) is 6.54 Å². The van der Waals surface area contributed by atoms with E-state index in [1.165, 1.54) is 0 Å². The summed E-state index contributed by atoms with van der Waals surface area (Å²) in [6.45, 7) is 2.06. The normalized spacial score (nSPS) is 20.3. The number of benzene rings is 2. The molecular formula is C24H26N2O2. The van der Waals surface area contributed by atoms with E-state index in [0.717, 1.165) is 43.5 Å². The Morgan fingerprint density at radius 3 is 2.32 bits per heavy atom. The van der Waals surface area contributed by atoms with Gasteiger partial charge in [-0.1, -0.05) is 60.7 Å². The van der Waals surface area contributed by atoms with Crippen LogP contribution in [0.25, 0.3) is 6.08 Å². The topological polar surface area (TPSA) is 49.4 Å². The molecule has 1 atom stereocenters. The van der Waals surface area contributed by atoms with Gasteiger partial charge >= 0.3 is 0 Å². The van der Waals surface area contributed by atoms with E-state index in [-0.39, 0.29) is 23.1 Å². The Labute approximate surface area is 166 Å². The summed E-state index contributed by atoms with van der Waals surface area (Å²) in [7, 11) is 0. The number of hydrogen-bond donors (Lipinski definition) is 1. The second-order valence-corrected chi connectivity index (χ2v) is 7.89. The molecule has 2 aromatic carbocycles. The van der Waals surface area contributed by atoms with Crippen LogP contribution in [0.2, 0.25) is 0 Å². The third kappa shape index (κ3) is 4.16. The molecule has 1 saturated heterocycles. The van der Waals surface area contributed by atoms with Crippen molar-refractivity contribution in [3.63, 3.8) is 0 Å². The number of carbonyl (C=O) groups is 2. The molecule has 0 bridgehead atoms. The third-order valence-corrected chi connectivity index (χ3v) is 6.10. The van der Waals surface area contributed by atoms with E-state index in [2.05, 4.69) is 5.32 Å². The Balaban J connectivity index is 1.25. The van der Waals surface area contributed by atoms with Gasteiger partial charge in [0.2, 0.25) is 11.8 Å². The van der Waals surface area contributed by atoms with Crippen LogP contribution in [0.4, 0.5) is 0 Å². The highest BCUT2D eigenvalue weighted by atomic mass is 16.2. The summed E-state index contributed by atoms with van der Waals surface area (Å²) in [5.41, 5.74) is 2.26. The molecule has 2 amide bonds. The molecule has 2 fully saturated rings. The fraction of sp³-hybridized carbons (Fsp3) is 0.333. The van der Waals surface area contributed by atoms with Crippen molar-refractivity contribution >= 4 is 17.9 Å². The lowest BCUT2D eigenvalue weighted by molar-refractivity contribution is -0.127. The van der Waals surface area contributed by atoms with Crippen LogP contribution in [0, 0.1) is 11.3 Å². The second kappa shape index (κ2) is 8.01. The van der Waals surface area contributed by atoms with Gasteiger partial charge < -0.3 is 10.2 Å². The van der Waals surface area contributed by atoms with E-state index < -0.39 is 0 Å². The summed E-state index contributed by atoms with van der Waals surface area (Å²) in [5, 5.41) is 3.07. The molecule has 1 aliphatic carbocycles. The second-order valence-electron chi connectivity index (χ2n) is 7.89. The lowest BCUT2D eigenvalue weighted by Gasteiger charge is -2.32. The molecule has 144 valence electrons. The van der Waals surface area contributed by atoms with Gasteiger partial charge in [0.25, 0.3) is 0 Å². The maximum Gasteiger partial charge on any atom is 0.246 e. The summed E-state index contributed by atoms with van der Waals surface area (Å²) in [4.78, 5) is 26.9. The highest BCUT2D eigenvalue weighted by molar-refractivity contribution is 5.92. The minimum atomic E-state index is 0.0597. The van der Waals surface area contributed by atoms with Crippen LogP contribution in [0.5, 0.6) is 0 Å². The number of rotatable bonds is 5. The van der Waals surface area contributed by atoms with Crippen molar-refractivity contribution in [1.82, 2.24) is 10.2 Å². The first-order chi connectivity index (χ1) is 13.7. The number of piperidine rings is 1. The van der Waals surface area contributed by atoms with Crippen molar-refractivity contribution < 1.29 is 9.59 Å². The predicted octanol–water partition coefficient (Wildman–Crippen LogP) is 3.64. The molecule has 1 aliphatic heterocycles. The Kier molecular flexibility index (Phi) is 5.29. The summed E-state index contributed by atoms with van der Waals surface area (Å²) >= 11 is 0. The summed E-state index contributed by atoms with van der Waals surface area (Å²) in [6.07, 6.45) is 6.31. The molecule has 4 rings (SSSR count). The lowest BCUT2D eigenvalue weighted by atomic mass is 9.90. The molecule has 1 saturated carbocycles. The Morgan fingerprint density at radius 2 is 1.64 bits per heavy atom. The van der Waals surface area contributed by atoms with E-state index in [1.54, 1.807) is 6.08 Å². The average molecular weight is 374 g/mol. The van der Waals surface area contributed by atoms with Gasteiger partial charge in [-0.2, -0.15) is 0 Å². The zero-order valence-electron chi connectivity index (χ0n) is 16.0. The summed E-state index contributed by atoms with van der Waals surface area (Å²) in [6, 6.07) is 19.9. The fourth-order valence-electron chi connectivity index (χ4n) is 4.19. The number of amides is 2. The van der Waals surface area contributed by atoms with E-state index >= 15 is 0 Å². The van der Waals surface area contributed by atoms with Gasteiger partial charge in [0, 0.05) is 31.6 Å². The standard InChI is InChI=1S/C24H26N2O2/c27-22(12-11-19-7-3-1-4-8-19)26-15-13-24(14-16-26)17-21(24)23(28)25-18-20-9-5-2-6-10-20/h1-12,21H,13-18H2,(H,25,28). The largest absolute Gasteiger partial charge is 0.352 e. The quantitative estimate of drug-likeness (QED) is 0.812. The first kappa shape index (κ1) is 18.5. The number of carbonyl (C=O) groups excluding carboxylic acids is 2. The highest BCUT2D eigenvalue weighted by Crippen LogP contribution is 2.59. The number of nitrogens with zero attached hydrogens (tertiary/aromatic N) is 1. The van der Waals surface area contributed by atoms with Gasteiger partial charge in [-0.25, -0.2) is 0 Å². The van der Waals surface area contributed by atoms with Crippen LogP contribution in [0.15, 0.2) is 66.7 Å². The Bertz CT molecular complexity index is 853. The van der Waals surface area contributed by atoms with Gasteiger partial charge in [-0.05, 0) is 41.9 Å². The monoisotopic (exact) mass is 374 g/mol. The molecule has 28 heavy (non-hydrogen) atoms. The first-order valence-electron chi connectivity index (χ1n) is 10.00. The van der Waals surface area contributed by atoms with E-state index in [9.17, 15) is 9.59 Å². The first-order valence-corrected chi connectivity index (χ1v) is 10.00. The zero-order valence-corrected chi connectivity index (χ0v) is 16.0.